The molecule has 0 aromatic carbocycles. The lowest BCUT2D eigenvalue weighted by Crippen LogP contribution is -2.38. The summed E-state index contributed by atoms with van der Waals surface area (Å²) in [7, 11) is -1.02. The van der Waals surface area contributed by atoms with Gasteiger partial charge in [-0.3, -0.25) is 0 Å². The van der Waals surface area contributed by atoms with Crippen molar-refractivity contribution in [3.05, 3.63) is 0 Å². The van der Waals surface area contributed by atoms with Crippen LogP contribution in [0.1, 0.15) is 44.9 Å². The first kappa shape index (κ1) is 17.9. The molecule has 0 aromatic heterocycles. The van der Waals surface area contributed by atoms with Gasteiger partial charge in [-0.2, -0.15) is 27.0 Å². The third kappa shape index (κ3) is 5.17. The smallest absolute Gasteiger partial charge is 0.0545 e. The molecule has 4 heteroatoms. The molecule has 1 heterocycles. The van der Waals surface area contributed by atoms with Gasteiger partial charge in [0.05, 0.1) is 14.2 Å². The maximum absolute atomic E-state index is 10.3. The Morgan fingerprint density at radius 1 is 1.00 bits per heavy atom. The third-order valence-corrected chi connectivity index (χ3v) is 9.23. The van der Waals surface area contributed by atoms with Crippen LogP contribution in [0.5, 0.6) is 0 Å². The van der Waals surface area contributed by atoms with Crippen LogP contribution < -0.4 is 0 Å². The molecule has 0 unspecified atom stereocenters. The van der Waals surface area contributed by atoms with Crippen LogP contribution >= 0.6 is 27.0 Å². The quantitative estimate of drug-likeness (QED) is 0.779. The normalized spacial score (nSPS) is 25.8. The molecule has 1 N–H and O–H groups in total. The molecular formula is C13H30OS2Si. The van der Waals surface area contributed by atoms with E-state index in [4.69, 9.17) is 0 Å². The van der Waals surface area contributed by atoms with E-state index >= 15 is 0 Å². The average Bonchev–Trinajstić information content (AvgIpc) is 2.70. The molecule has 1 aliphatic carbocycles. The number of rotatable bonds is 3. The van der Waals surface area contributed by atoms with Gasteiger partial charge >= 0.3 is 0 Å². The van der Waals surface area contributed by atoms with Crippen LogP contribution in [-0.4, -0.2) is 19.3 Å². The van der Waals surface area contributed by atoms with Gasteiger partial charge in [-0.1, -0.05) is 50.7 Å². The van der Waals surface area contributed by atoms with E-state index < -0.39 is 8.07 Å². The van der Waals surface area contributed by atoms with Crippen molar-refractivity contribution in [3.8, 4) is 0 Å². The first-order valence-corrected chi connectivity index (χ1v) is 10.00. The summed E-state index contributed by atoms with van der Waals surface area (Å²) in [5.41, 5.74) is 0. The summed E-state index contributed by atoms with van der Waals surface area (Å²) >= 11 is 0. The zero-order chi connectivity index (χ0) is 10.7. The number of hydrogen-bond acceptors (Lipinski definition) is 1. The maximum atomic E-state index is 10.3. The van der Waals surface area contributed by atoms with E-state index in [0.29, 0.717) is 5.92 Å². The van der Waals surface area contributed by atoms with E-state index in [2.05, 4.69) is 6.55 Å². The number of hydrogen-bond donors (Lipinski definition) is 1. The second-order valence-electron chi connectivity index (χ2n) is 6.19. The molecule has 0 aromatic rings. The minimum Gasteiger partial charge on any atom is -0.393 e. The van der Waals surface area contributed by atoms with Crippen molar-refractivity contribution in [1.82, 2.24) is 0 Å². The van der Waals surface area contributed by atoms with Gasteiger partial charge in [0.2, 0.25) is 0 Å². The van der Waals surface area contributed by atoms with Crippen LogP contribution in [0.2, 0.25) is 24.7 Å². The highest BCUT2D eigenvalue weighted by Gasteiger charge is 2.34. The molecule has 1 atom stereocenters. The SMILES string of the molecule is C[Si]1(C[C@@H](O)C2CCCC2)CCCCC1.S.S. The zero-order valence-corrected chi connectivity index (χ0v) is 14.2. The van der Waals surface area contributed by atoms with Gasteiger partial charge < -0.3 is 5.11 Å². The van der Waals surface area contributed by atoms with Crippen molar-refractivity contribution < 1.29 is 5.11 Å². The van der Waals surface area contributed by atoms with Crippen LogP contribution in [0.3, 0.4) is 0 Å². The Morgan fingerprint density at radius 3 is 2.06 bits per heavy atom. The lowest BCUT2D eigenvalue weighted by molar-refractivity contribution is 0.127. The average molecular weight is 295 g/mol. The molecule has 1 saturated carbocycles. The third-order valence-electron chi connectivity index (χ3n) is 4.71. The number of aliphatic hydroxyl groups excluding tert-OH is 1. The Bertz CT molecular complexity index is 202. The largest absolute Gasteiger partial charge is 0.393 e. The standard InChI is InChI=1S/C13H26OSi.2H2S/c1-15(9-5-2-6-10-15)11-13(14)12-7-3-4-8-12;;/h12-14H,2-11H2,1H3;2*1H2/t13-;;/m1../s1. The van der Waals surface area contributed by atoms with Crippen LogP contribution in [0, 0.1) is 5.92 Å². The lowest BCUT2D eigenvalue weighted by atomic mass is 10.0. The molecule has 2 aliphatic rings. The van der Waals surface area contributed by atoms with Crippen molar-refractivity contribution in [1.29, 1.82) is 0 Å². The molecule has 1 saturated heterocycles. The van der Waals surface area contributed by atoms with E-state index in [9.17, 15) is 5.11 Å². The first-order chi connectivity index (χ1) is 7.20. The summed E-state index contributed by atoms with van der Waals surface area (Å²) in [5, 5.41) is 10.3. The Morgan fingerprint density at radius 2 is 1.53 bits per heavy atom. The summed E-state index contributed by atoms with van der Waals surface area (Å²) in [6.07, 6.45) is 9.71. The van der Waals surface area contributed by atoms with Crippen molar-refractivity contribution in [2.45, 2.75) is 75.7 Å². The molecule has 0 amide bonds. The predicted molar refractivity (Wildman–Crippen MR) is 88.6 cm³/mol. The van der Waals surface area contributed by atoms with E-state index in [1.807, 2.05) is 0 Å². The van der Waals surface area contributed by atoms with Gasteiger partial charge in [-0.15, -0.1) is 0 Å². The Kier molecular flexibility index (Phi) is 8.55. The van der Waals surface area contributed by atoms with E-state index in [-0.39, 0.29) is 33.1 Å². The summed E-state index contributed by atoms with van der Waals surface area (Å²) in [6, 6.07) is 4.17. The van der Waals surface area contributed by atoms with Crippen molar-refractivity contribution in [2.75, 3.05) is 0 Å². The van der Waals surface area contributed by atoms with E-state index in [0.717, 1.165) is 0 Å². The highest BCUT2D eigenvalue weighted by atomic mass is 32.1. The fourth-order valence-corrected chi connectivity index (χ4v) is 7.83. The zero-order valence-electron chi connectivity index (χ0n) is 11.2. The molecule has 17 heavy (non-hydrogen) atoms. The Balaban J connectivity index is 0.00000128. The molecule has 0 radical (unpaired) electrons. The Hall–Kier alpha value is 0.877. The topological polar surface area (TPSA) is 20.2 Å². The fourth-order valence-electron chi connectivity index (χ4n) is 3.62. The molecule has 104 valence electrons. The monoisotopic (exact) mass is 294 g/mol. The van der Waals surface area contributed by atoms with Gasteiger partial charge in [-0.05, 0) is 24.8 Å². The van der Waals surface area contributed by atoms with Crippen molar-refractivity contribution in [3.63, 3.8) is 0 Å². The van der Waals surface area contributed by atoms with Crippen molar-refractivity contribution in [2.24, 2.45) is 5.92 Å². The van der Waals surface area contributed by atoms with Gasteiger partial charge in [0.1, 0.15) is 0 Å². The Labute approximate surface area is 122 Å². The van der Waals surface area contributed by atoms with Gasteiger partial charge in [0.25, 0.3) is 0 Å². The second kappa shape index (κ2) is 8.13. The van der Waals surface area contributed by atoms with Crippen LogP contribution in [0.15, 0.2) is 0 Å². The molecule has 2 fully saturated rings. The van der Waals surface area contributed by atoms with Crippen molar-refractivity contribution >= 4 is 35.1 Å². The van der Waals surface area contributed by atoms with Gasteiger partial charge in [0, 0.05) is 0 Å². The minimum absolute atomic E-state index is 0. The molecule has 1 aliphatic heterocycles. The minimum atomic E-state index is -1.02. The molecule has 2 rings (SSSR count). The van der Waals surface area contributed by atoms with Crippen LogP contribution in [0.4, 0.5) is 0 Å². The second-order valence-corrected chi connectivity index (χ2v) is 11.2. The summed E-state index contributed by atoms with van der Waals surface area (Å²) in [6.45, 7) is 2.53. The van der Waals surface area contributed by atoms with Crippen LogP contribution in [0.25, 0.3) is 0 Å². The van der Waals surface area contributed by atoms with Crippen LogP contribution in [-0.2, 0) is 0 Å². The summed E-state index contributed by atoms with van der Waals surface area (Å²) in [5.74, 6) is 0.663. The van der Waals surface area contributed by atoms with E-state index in [1.54, 1.807) is 0 Å². The predicted octanol–water partition coefficient (Wildman–Crippen LogP) is 4.03. The highest BCUT2D eigenvalue weighted by molar-refractivity contribution is 7.59. The first-order valence-electron chi connectivity index (χ1n) is 6.88. The maximum Gasteiger partial charge on any atom is 0.0545 e. The molecule has 0 spiro atoms. The molecule has 0 bridgehead atoms. The lowest BCUT2D eigenvalue weighted by Gasteiger charge is -2.34. The molecular weight excluding hydrogens is 264 g/mol. The van der Waals surface area contributed by atoms with Gasteiger partial charge in [0.15, 0.2) is 0 Å². The highest BCUT2D eigenvalue weighted by Crippen LogP contribution is 2.37. The summed E-state index contributed by atoms with van der Waals surface area (Å²) in [4.78, 5) is 0. The van der Waals surface area contributed by atoms with E-state index in [1.165, 1.54) is 63.1 Å². The van der Waals surface area contributed by atoms with Gasteiger partial charge in [-0.25, -0.2) is 0 Å². The molecule has 1 nitrogen and oxygen atoms in total. The number of aliphatic hydroxyl groups is 1. The summed E-state index contributed by atoms with van der Waals surface area (Å²) < 4.78 is 0. The fraction of sp³-hybridized carbons (Fsp3) is 1.00.